The van der Waals surface area contributed by atoms with E-state index in [0.717, 1.165) is 53.2 Å². The number of rotatable bonds is 18. The molecule has 1 saturated carbocycles. The Morgan fingerprint density at radius 1 is 0.982 bits per heavy atom. The van der Waals surface area contributed by atoms with Crippen molar-refractivity contribution < 1.29 is 43.5 Å². The van der Waals surface area contributed by atoms with E-state index in [0.29, 0.717) is 54.4 Å². The van der Waals surface area contributed by atoms with E-state index >= 15 is 0 Å². The number of aliphatic hydroxyl groups excluding tert-OH is 2. The van der Waals surface area contributed by atoms with Crippen LogP contribution in [0.1, 0.15) is 73.7 Å². The van der Waals surface area contributed by atoms with Crippen molar-refractivity contribution >= 4 is 23.4 Å². The highest BCUT2D eigenvalue weighted by atomic mass is 32.2. The molecule has 0 bridgehead atoms. The smallest absolute Gasteiger partial charge is 0.254 e. The van der Waals surface area contributed by atoms with Crippen LogP contribution >= 0.6 is 11.8 Å². The summed E-state index contributed by atoms with van der Waals surface area (Å²) in [6.07, 6.45) is 11.1. The van der Waals surface area contributed by atoms with Gasteiger partial charge < -0.3 is 43.6 Å². The molecule has 3 aromatic carbocycles. The predicted octanol–water partition coefficient (Wildman–Crippen LogP) is 8.36. The molecular formula is C45H54N2O9S. The summed E-state index contributed by atoms with van der Waals surface area (Å²) in [7, 11) is 1.79. The monoisotopic (exact) mass is 798 g/mol. The Hall–Kier alpha value is -4.49. The minimum Gasteiger partial charge on any atom is -0.459 e. The summed E-state index contributed by atoms with van der Waals surface area (Å²) in [5.41, 5.74) is 3.16. The molecule has 1 amide bonds. The number of amides is 1. The molecule has 2 aliphatic heterocycles. The lowest BCUT2D eigenvalue weighted by Gasteiger charge is -2.59. The number of aliphatic hydroxyl groups is 2. The molecule has 1 fully saturated rings. The molecular weight excluding hydrogens is 745 g/mol. The lowest BCUT2D eigenvalue weighted by Crippen LogP contribution is -2.69. The van der Waals surface area contributed by atoms with E-state index in [1.807, 2.05) is 49.6 Å². The maximum Gasteiger partial charge on any atom is 0.254 e. The Morgan fingerprint density at radius 2 is 1.72 bits per heavy atom. The maximum absolute atomic E-state index is 14.6. The number of ether oxygens (including phenoxy) is 5. The highest BCUT2D eigenvalue weighted by molar-refractivity contribution is 7.98. The molecule has 2 N–H and O–H groups in total. The first kappa shape index (κ1) is 40.7. The Kier molecular flexibility index (Phi) is 13.1. The summed E-state index contributed by atoms with van der Waals surface area (Å²) in [5.74, 6) is 1.22. The van der Waals surface area contributed by atoms with Crippen LogP contribution in [0, 0.1) is 17.8 Å². The van der Waals surface area contributed by atoms with Crippen LogP contribution in [-0.4, -0.2) is 85.1 Å². The van der Waals surface area contributed by atoms with Gasteiger partial charge in [-0.2, -0.15) is 0 Å². The average Bonchev–Trinajstić information content (AvgIpc) is 3.71. The molecule has 12 heteroatoms. The van der Waals surface area contributed by atoms with Crippen LogP contribution in [0.4, 0.5) is 0 Å². The zero-order valence-corrected chi connectivity index (χ0v) is 33.9. The number of oxime groups is 1. The third kappa shape index (κ3) is 8.28. The summed E-state index contributed by atoms with van der Waals surface area (Å²) >= 11 is 1.68. The molecule has 0 radical (unpaired) electrons. The van der Waals surface area contributed by atoms with Crippen molar-refractivity contribution in [3.05, 3.63) is 96.1 Å². The van der Waals surface area contributed by atoms with Gasteiger partial charge in [-0.05, 0) is 117 Å². The van der Waals surface area contributed by atoms with E-state index < -0.39 is 17.7 Å². The van der Waals surface area contributed by atoms with Gasteiger partial charge in [0, 0.05) is 48.6 Å². The summed E-state index contributed by atoms with van der Waals surface area (Å²) in [6.45, 7) is 6.80. The fraction of sp³-hybridized carbons (Fsp3) is 0.467. The van der Waals surface area contributed by atoms with Crippen molar-refractivity contribution in [2.45, 2.75) is 74.5 Å². The first-order valence-corrected chi connectivity index (χ1v) is 21.3. The number of hydrogen-bond acceptors (Lipinski definition) is 11. The molecule has 57 heavy (non-hydrogen) atoms. The van der Waals surface area contributed by atoms with E-state index in [-0.39, 0.29) is 50.3 Å². The maximum atomic E-state index is 14.6. The lowest BCUT2D eigenvalue weighted by molar-refractivity contribution is -0.252. The highest BCUT2D eigenvalue weighted by Gasteiger charge is 2.65. The van der Waals surface area contributed by atoms with Crippen LogP contribution in [0.25, 0.3) is 0 Å². The second-order valence-electron chi connectivity index (χ2n) is 15.0. The van der Waals surface area contributed by atoms with Gasteiger partial charge in [-0.25, -0.2) is 0 Å². The fourth-order valence-electron chi connectivity index (χ4n) is 9.09. The number of hydrogen-bond donors (Lipinski definition) is 2. The number of thioether (sulfide) groups is 1. The number of unbranched alkanes of at least 4 members (excludes halogenated alkanes) is 2. The molecule has 6 atom stereocenters. The number of allylic oxidation sites excluding steroid dienone is 1. The van der Waals surface area contributed by atoms with Gasteiger partial charge in [0.2, 0.25) is 12.6 Å². The molecule has 0 aromatic heterocycles. The van der Waals surface area contributed by atoms with Crippen molar-refractivity contribution in [3.63, 3.8) is 0 Å². The average molecular weight is 799 g/mol. The highest BCUT2D eigenvalue weighted by Crippen LogP contribution is 2.62. The van der Waals surface area contributed by atoms with Gasteiger partial charge in [0.1, 0.15) is 29.9 Å². The molecule has 0 unspecified atom stereocenters. The molecule has 2 heterocycles. The van der Waals surface area contributed by atoms with Gasteiger partial charge >= 0.3 is 0 Å². The molecule has 4 aliphatic rings. The van der Waals surface area contributed by atoms with E-state index in [1.165, 1.54) is 0 Å². The van der Waals surface area contributed by atoms with Crippen molar-refractivity contribution in [2.24, 2.45) is 22.9 Å². The van der Waals surface area contributed by atoms with Crippen molar-refractivity contribution in [1.82, 2.24) is 4.90 Å². The van der Waals surface area contributed by atoms with E-state index in [9.17, 15) is 15.0 Å². The lowest BCUT2D eigenvalue weighted by atomic mass is 9.55. The van der Waals surface area contributed by atoms with Crippen molar-refractivity contribution in [2.75, 3.05) is 46.5 Å². The normalized spacial score (nSPS) is 24.8. The molecule has 0 spiro atoms. The largest absolute Gasteiger partial charge is 0.459 e. The van der Waals surface area contributed by atoms with Crippen LogP contribution in [-0.2, 0) is 9.57 Å². The number of benzene rings is 3. The third-order valence-corrected chi connectivity index (χ3v) is 12.4. The SMILES string of the molecule is C=CCO[C@@]12Oc3ccc(Oc4ccc(SC)cc4)cc3[C@H]3[C@H](CCCCO)[C@@H](CCCCO)C=C(C(=NOCC)C[C@@H]1N(C)C(=O)c1ccc4c(c1)OCO4)[C@H]32. The Labute approximate surface area is 339 Å². The quantitative estimate of drug-likeness (QED) is 0.0561. The predicted molar refractivity (Wildman–Crippen MR) is 220 cm³/mol. The zero-order valence-electron chi connectivity index (χ0n) is 33.1. The summed E-state index contributed by atoms with van der Waals surface area (Å²) < 4.78 is 31.9. The fourth-order valence-corrected chi connectivity index (χ4v) is 9.50. The van der Waals surface area contributed by atoms with Gasteiger partial charge in [0.15, 0.2) is 11.5 Å². The van der Waals surface area contributed by atoms with Crippen LogP contribution in [0.5, 0.6) is 28.7 Å². The zero-order chi connectivity index (χ0) is 39.9. The second-order valence-corrected chi connectivity index (χ2v) is 15.8. The number of nitrogens with zero attached hydrogens (tertiary/aromatic N) is 2. The van der Waals surface area contributed by atoms with Gasteiger partial charge in [0.05, 0.1) is 18.2 Å². The Bertz CT molecular complexity index is 1950. The summed E-state index contributed by atoms with van der Waals surface area (Å²) in [4.78, 5) is 23.3. The summed E-state index contributed by atoms with van der Waals surface area (Å²) in [6, 6.07) is 18.6. The Morgan fingerprint density at radius 3 is 2.46 bits per heavy atom. The van der Waals surface area contributed by atoms with Crippen LogP contribution in [0.3, 0.4) is 0 Å². The molecule has 11 nitrogen and oxygen atoms in total. The number of likely N-dealkylation sites (N-methyl/N-ethyl adjacent to an activating group) is 1. The van der Waals surface area contributed by atoms with Gasteiger partial charge in [-0.15, -0.1) is 18.3 Å². The van der Waals surface area contributed by atoms with E-state index in [1.54, 1.807) is 48.0 Å². The first-order chi connectivity index (χ1) is 27.8. The van der Waals surface area contributed by atoms with Crippen LogP contribution in [0.2, 0.25) is 0 Å². The first-order valence-electron chi connectivity index (χ1n) is 20.0. The second kappa shape index (κ2) is 18.4. The Balaban J connectivity index is 1.40. The number of carbonyl (C=O) groups is 1. The minimum absolute atomic E-state index is 0.0939. The van der Waals surface area contributed by atoms with Crippen molar-refractivity contribution in [1.29, 1.82) is 0 Å². The van der Waals surface area contributed by atoms with Crippen LogP contribution < -0.4 is 18.9 Å². The minimum atomic E-state index is -1.36. The summed E-state index contributed by atoms with van der Waals surface area (Å²) in [5, 5.41) is 24.5. The standard InChI is InChI=1S/C45H54N2O9S/c1-5-23-53-45-41(47(3)44(50)30-13-19-39-40(25-30)52-28-51-39)27-37(46-54-6-2)35-24-29(11-7-9-21-48)34(12-8-10-22-49)42(43(35)45)36-26-32(16-20-38(36)56-45)55-31-14-17-33(57-4)18-15-31/h5,13-20,24-26,29,34,41-43,48-49H,1,6-12,21-23,27-28H2,2-4H3/t29-,34+,41-,42+,43+,45+/m0/s1. The van der Waals surface area contributed by atoms with Gasteiger partial charge in [0.25, 0.3) is 5.91 Å². The molecule has 304 valence electrons. The molecule has 7 rings (SSSR count). The van der Waals surface area contributed by atoms with Crippen LogP contribution in [0.15, 0.2) is 95.0 Å². The third-order valence-electron chi connectivity index (χ3n) is 11.7. The molecule has 2 aliphatic carbocycles. The number of carbonyl (C=O) groups excluding carboxylic acids is 1. The van der Waals surface area contributed by atoms with Crippen molar-refractivity contribution in [3.8, 4) is 28.7 Å². The topological polar surface area (TPSA) is 129 Å². The van der Waals surface area contributed by atoms with E-state index in [4.69, 9.17) is 33.7 Å². The van der Waals surface area contributed by atoms with E-state index in [2.05, 4.69) is 18.7 Å². The van der Waals surface area contributed by atoms with Gasteiger partial charge in [-0.3, -0.25) is 4.79 Å². The molecule has 3 aromatic rings. The molecule has 0 saturated heterocycles. The number of fused-ring (bicyclic) bond motifs is 3. The van der Waals surface area contributed by atoms with Gasteiger partial charge in [-0.1, -0.05) is 30.1 Å².